The number of ether oxygens (including phenoxy) is 11. The molecular weight excluding hydrogens is 840 g/mol. The van der Waals surface area contributed by atoms with Crippen LogP contribution in [0.25, 0.3) is 0 Å². The number of hydrogen-bond acceptors (Lipinski definition) is 21. The zero-order chi connectivity index (χ0) is 45.9. The van der Waals surface area contributed by atoms with Crippen LogP contribution in [-0.4, -0.2) is 176 Å². The lowest BCUT2D eigenvalue weighted by molar-refractivity contribution is -0.312. The molecule has 0 bridgehead atoms. The molecule has 0 saturated carbocycles. The van der Waals surface area contributed by atoms with Gasteiger partial charge in [0.05, 0.1) is 68.0 Å². The molecule has 11 atom stereocenters. The first-order chi connectivity index (χ1) is 30.1. The number of rotatable bonds is 17. The van der Waals surface area contributed by atoms with Crippen LogP contribution < -0.4 is 28.4 Å². The van der Waals surface area contributed by atoms with E-state index >= 15 is 0 Å². The van der Waals surface area contributed by atoms with Gasteiger partial charge >= 0.3 is 5.97 Å². The summed E-state index contributed by atoms with van der Waals surface area (Å²) in [5.41, 5.74) is -0.592. The molecule has 0 aromatic heterocycles. The predicted octanol–water partition coefficient (Wildman–Crippen LogP) is -0.0862. The third-order valence-electron chi connectivity index (χ3n) is 11.7. The summed E-state index contributed by atoms with van der Waals surface area (Å²) < 4.78 is 60.6. The summed E-state index contributed by atoms with van der Waals surface area (Å²) in [5, 5.41) is 98.0. The van der Waals surface area contributed by atoms with Gasteiger partial charge in [-0.05, 0) is 59.7 Å². The number of methoxy groups -OCH3 is 6. The van der Waals surface area contributed by atoms with Gasteiger partial charge in [0.1, 0.15) is 37.1 Å². The highest BCUT2D eigenvalue weighted by molar-refractivity contribution is 5.91. The molecule has 0 spiro atoms. The van der Waals surface area contributed by atoms with E-state index in [1.165, 1.54) is 54.8 Å². The van der Waals surface area contributed by atoms with Crippen LogP contribution in [0.5, 0.6) is 51.7 Å². The smallest absolute Gasteiger partial charge is 0.338 e. The lowest BCUT2D eigenvalue weighted by Gasteiger charge is -2.43. The number of esters is 1. The number of aliphatic hydroxyl groups is 6. The maximum Gasteiger partial charge on any atom is 0.338 e. The summed E-state index contributed by atoms with van der Waals surface area (Å²) in [6.07, 6.45) is -11.5. The Labute approximate surface area is 361 Å². The third kappa shape index (κ3) is 9.16. The predicted molar refractivity (Wildman–Crippen MR) is 213 cm³/mol. The zero-order valence-electron chi connectivity index (χ0n) is 35.3. The number of phenolic OH excluding ortho intramolecular Hbond substituents is 3. The van der Waals surface area contributed by atoms with E-state index in [1.807, 2.05) is 0 Å². The molecule has 21 heteroatoms. The second-order valence-corrected chi connectivity index (χ2v) is 15.3. The Morgan fingerprint density at radius 3 is 1.83 bits per heavy atom. The van der Waals surface area contributed by atoms with Gasteiger partial charge in [0.25, 0.3) is 0 Å². The van der Waals surface area contributed by atoms with E-state index in [0.29, 0.717) is 16.7 Å². The molecule has 6 rings (SSSR count). The van der Waals surface area contributed by atoms with Crippen molar-refractivity contribution in [2.24, 2.45) is 11.8 Å². The normalized spacial score (nSPS) is 29.1. The second kappa shape index (κ2) is 19.8. The molecule has 3 aromatic carbocycles. The lowest BCUT2D eigenvalue weighted by atomic mass is 9.66. The van der Waals surface area contributed by atoms with Gasteiger partial charge in [-0.3, -0.25) is 0 Å². The first-order valence-corrected chi connectivity index (χ1v) is 19.7. The first kappa shape index (κ1) is 47.4. The van der Waals surface area contributed by atoms with Crippen molar-refractivity contribution in [3.05, 3.63) is 52.6 Å². The van der Waals surface area contributed by atoms with Crippen LogP contribution in [0.15, 0.2) is 30.3 Å². The summed E-state index contributed by atoms with van der Waals surface area (Å²) >= 11 is 0. The highest BCUT2D eigenvalue weighted by atomic mass is 16.7. The second-order valence-electron chi connectivity index (χ2n) is 15.3. The fraction of sp³-hybridized carbons (Fsp3) is 0.548. The van der Waals surface area contributed by atoms with Crippen molar-refractivity contribution in [2.45, 2.75) is 61.0 Å². The van der Waals surface area contributed by atoms with Gasteiger partial charge in [-0.2, -0.15) is 0 Å². The van der Waals surface area contributed by atoms with Gasteiger partial charge in [0.2, 0.25) is 17.2 Å². The number of aromatic hydroxyl groups is 3. The lowest BCUT2D eigenvalue weighted by Crippen LogP contribution is -2.60. The summed E-state index contributed by atoms with van der Waals surface area (Å²) in [5.74, 6) is -3.70. The molecule has 1 aliphatic carbocycles. The van der Waals surface area contributed by atoms with Crippen molar-refractivity contribution >= 4 is 5.97 Å². The Morgan fingerprint density at radius 2 is 1.27 bits per heavy atom. The van der Waals surface area contributed by atoms with Crippen LogP contribution in [0, 0.1) is 11.8 Å². The average Bonchev–Trinajstić information content (AvgIpc) is 3.57. The third-order valence-corrected chi connectivity index (χ3v) is 11.7. The summed E-state index contributed by atoms with van der Waals surface area (Å²) in [6.45, 7) is -2.51. The summed E-state index contributed by atoms with van der Waals surface area (Å²) in [4.78, 5) is 12.9. The van der Waals surface area contributed by atoms with Gasteiger partial charge in [-0.25, -0.2) is 4.79 Å². The fourth-order valence-corrected chi connectivity index (χ4v) is 8.22. The molecule has 2 fully saturated rings. The van der Waals surface area contributed by atoms with Crippen LogP contribution in [-0.2, 0) is 30.1 Å². The Balaban J connectivity index is 1.18. The molecule has 0 amide bonds. The number of fused-ring (bicyclic) bond motifs is 1. The summed E-state index contributed by atoms with van der Waals surface area (Å²) in [6, 6.07) is 7.15. The van der Waals surface area contributed by atoms with Gasteiger partial charge in [-0.15, -0.1) is 0 Å². The highest BCUT2D eigenvalue weighted by Gasteiger charge is 2.52. The molecule has 3 aliphatic rings. The maximum atomic E-state index is 12.9. The van der Waals surface area contributed by atoms with Crippen molar-refractivity contribution in [3.63, 3.8) is 0 Å². The number of aliphatic hydroxyl groups excluding tert-OH is 5. The molecule has 348 valence electrons. The zero-order valence-corrected chi connectivity index (χ0v) is 35.3. The largest absolute Gasteiger partial charge is 0.502 e. The van der Waals surface area contributed by atoms with E-state index < -0.39 is 92.2 Å². The van der Waals surface area contributed by atoms with Crippen molar-refractivity contribution in [1.82, 2.24) is 0 Å². The van der Waals surface area contributed by atoms with E-state index in [0.717, 1.165) is 0 Å². The van der Waals surface area contributed by atoms with E-state index in [2.05, 4.69) is 0 Å². The minimum Gasteiger partial charge on any atom is -0.502 e. The van der Waals surface area contributed by atoms with Crippen molar-refractivity contribution in [1.29, 1.82) is 0 Å². The van der Waals surface area contributed by atoms with Gasteiger partial charge in [0, 0.05) is 18.1 Å². The van der Waals surface area contributed by atoms with E-state index in [-0.39, 0.29) is 76.9 Å². The number of carbonyl (C=O) groups excluding carboxylic acids is 1. The Hall–Kier alpha value is -5.07. The fourth-order valence-electron chi connectivity index (χ4n) is 8.22. The van der Waals surface area contributed by atoms with Crippen molar-refractivity contribution < 1.29 is 103 Å². The van der Waals surface area contributed by atoms with E-state index in [1.54, 1.807) is 18.2 Å². The minimum atomic E-state index is -2.16. The first-order valence-electron chi connectivity index (χ1n) is 19.7. The quantitative estimate of drug-likeness (QED) is 0.0800. The van der Waals surface area contributed by atoms with Crippen molar-refractivity contribution in [2.75, 3.05) is 75.7 Å². The average molecular weight is 895 g/mol. The van der Waals surface area contributed by atoms with E-state index in [9.17, 15) is 50.8 Å². The number of hydrogen-bond donors (Lipinski definition) is 9. The maximum absolute atomic E-state index is 12.9. The van der Waals surface area contributed by atoms with Crippen LogP contribution >= 0.6 is 0 Å². The number of benzene rings is 3. The monoisotopic (exact) mass is 894 g/mol. The Kier molecular flexibility index (Phi) is 14.9. The Bertz CT molecular complexity index is 2030. The molecule has 0 radical (unpaired) electrons. The standard InChI is InChI=1S/C42H54O21/c1-53-23-9-19(10-24(54-2)31(23)44)29-22(21(13-43)7-18-8-27(57-5)34(47)37(58-6)30(18)29)14-59-40-36(49)35(48)33(46)28(63-40)15-60-41-38(50)42(52,17-62-41)16-61-39(51)20-11-25(55-3)32(45)26(12-20)56-4/h8-12,21-22,28-29,33,35-36,38,40-41,43-50,52H,7,13-17H2,1-6H3/t21?,22?,28-,29?,33-,35+,36-,38+,40-,41+,42-/m1/s1. The number of carbonyl (C=O) groups is 1. The molecule has 2 aliphatic heterocycles. The molecule has 9 N–H and O–H groups in total. The van der Waals surface area contributed by atoms with Crippen LogP contribution in [0.3, 0.4) is 0 Å². The SMILES string of the molecule is COc1cc(C(=O)OC[C@@]2(O)CO[C@H](OC[C@H]3O[C@@H](OCC4C(CO)Cc5cc(OC)c(O)c(OC)c5C4c4cc(OC)c(O)c(OC)c4)[C@H](O)[C@@H](O)[C@@H]3O)[C@@H]2O)cc(OC)c1O. The molecular formula is C42H54O21. The van der Waals surface area contributed by atoms with E-state index in [4.69, 9.17) is 52.1 Å². The molecule has 3 unspecified atom stereocenters. The van der Waals surface area contributed by atoms with Crippen LogP contribution in [0.2, 0.25) is 0 Å². The summed E-state index contributed by atoms with van der Waals surface area (Å²) in [7, 11) is 8.01. The molecule has 63 heavy (non-hydrogen) atoms. The van der Waals surface area contributed by atoms with Gasteiger partial charge in [0.15, 0.2) is 52.7 Å². The van der Waals surface area contributed by atoms with Gasteiger partial charge < -0.3 is 98.1 Å². The topological polar surface area (TPSA) is 301 Å². The van der Waals surface area contributed by atoms with Crippen LogP contribution in [0.1, 0.15) is 33.0 Å². The molecule has 2 saturated heterocycles. The highest BCUT2D eigenvalue weighted by Crippen LogP contribution is 2.54. The molecule has 2 heterocycles. The van der Waals surface area contributed by atoms with Crippen LogP contribution in [0.4, 0.5) is 0 Å². The number of phenols is 3. The van der Waals surface area contributed by atoms with Crippen molar-refractivity contribution in [3.8, 4) is 51.7 Å². The Morgan fingerprint density at radius 1 is 0.714 bits per heavy atom. The minimum absolute atomic E-state index is 0.0614. The molecule has 21 nitrogen and oxygen atoms in total. The van der Waals surface area contributed by atoms with Gasteiger partial charge in [-0.1, -0.05) is 0 Å². The molecule has 3 aromatic rings.